The number of anilines is 1. The second-order valence-corrected chi connectivity index (χ2v) is 5.44. The Kier molecular flexibility index (Phi) is 3.63. The van der Waals surface area contributed by atoms with Crippen molar-refractivity contribution >= 4 is 29.0 Å². The molecule has 2 heterocycles. The Morgan fingerprint density at radius 1 is 1.35 bits per heavy atom. The van der Waals surface area contributed by atoms with Crippen LogP contribution in [0.25, 0.3) is 0 Å². The topological polar surface area (TPSA) is 67.4 Å². The van der Waals surface area contributed by atoms with Gasteiger partial charge in [0.2, 0.25) is 0 Å². The Hall–Kier alpha value is -1.59. The van der Waals surface area contributed by atoms with Gasteiger partial charge in [-0.05, 0) is 31.5 Å². The number of nitrogens with one attached hydrogen (secondary N) is 2. The minimum Gasteiger partial charge on any atom is -0.482 e. The van der Waals surface area contributed by atoms with Crippen molar-refractivity contribution in [2.24, 2.45) is 0 Å². The van der Waals surface area contributed by atoms with Crippen molar-refractivity contribution in [3.8, 4) is 5.75 Å². The molecule has 20 heavy (non-hydrogen) atoms. The zero-order chi connectivity index (χ0) is 14.1. The van der Waals surface area contributed by atoms with Crippen LogP contribution in [0, 0.1) is 0 Å². The summed E-state index contributed by atoms with van der Waals surface area (Å²) in [4.78, 5) is 23.7. The smallest absolute Gasteiger partial charge is 0.262 e. The Bertz CT molecular complexity index is 568. The van der Waals surface area contributed by atoms with Gasteiger partial charge in [0.15, 0.2) is 12.4 Å². The van der Waals surface area contributed by atoms with Gasteiger partial charge in [-0.3, -0.25) is 9.59 Å². The van der Waals surface area contributed by atoms with Gasteiger partial charge in [0, 0.05) is 5.56 Å². The van der Waals surface area contributed by atoms with Crippen molar-refractivity contribution < 1.29 is 14.3 Å². The summed E-state index contributed by atoms with van der Waals surface area (Å²) in [5.74, 6) is 0.257. The van der Waals surface area contributed by atoms with E-state index in [0.29, 0.717) is 22.0 Å². The SMILES string of the molecule is O=C1COc2cc(C(=O)C3CCCCN3)c(Cl)cc2N1. The van der Waals surface area contributed by atoms with E-state index in [1.807, 2.05) is 0 Å². The number of Topliss-reactive ketones (excluding diaryl/α,β-unsaturated/α-hetero) is 1. The van der Waals surface area contributed by atoms with E-state index in [4.69, 9.17) is 16.3 Å². The maximum atomic E-state index is 12.5. The minimum atomic E-state index is -0.221. The molecule has 2 aliphatic rings. The number of halogens is 1. The second kappa shape index (κ2) is 5.42. The van der Waals surface area contributed by atoms with Gasteiger partial charge < -0.3 is 15.4 Å². The molecule has 106 valence electrons. The van der Waals surface area contributed by atoms with E-state index in [1.54, 1.807) is 12.1 Å². The molecular weight excluding hydrogens is 280 g/mol. The zero-order valence-corrected chi connectivity index (χ0v) is 11.6. The Morgan fingerprint density at radius 3 is 2.95 bits per heavy atom. The van der Waals surface area contributed by atoms with Crippen LogP contribution in [0.4, 0.5) is 5.69 Å². The van der Waals surface area contributed by atoms with Crippen LogP contribution >= 0.6 is 11.6 Å². The highest BCUT2D eigenvalue weighted by Crippen LogP contribution is 2.34. The molecule has 1 saturated heterocycles. The number of ketones is 1. The fraction of sp³-hybridized carbons (Fsp3) is 0.429. The lowest BCUT2D eigenvalue weighted by atomic mass is 9.96. The molecule has 1 aromatic carbocycles. The van der Waals surface area contributed by atoms with Crippen molar-refractivity contribution in [2.45, 2.75) is 25.3 Å². The van der Waals surface area contributed by atoms with E-state index in [9.17, 15) is 9.59 Å². The summed E-state index contributed by atoms with van der Waals surface area (Å²) in [5.41, 5.74) is 0.959. The summed E-state index contributed by atoms with van der Waals surface area (Å²) >= 11 is 6.17. The van der Waals surface area contributed by atoms with E-state index < -0.39 is 0 Å². The van der Waals surface area contributed by atoms with Crippen LogP contribution in [0.2, 0.25) is 5.02 Å². The third kappa shape index (κ3) is 2.51. The monoisotopic (exact) mass is 294 g/mol. The molecule has 5 nitrogen and oxygen atoms in total. The maximum absolute atomic E-state index is 12.5. The Labute approximate surface area is 121 Å². The number of hydrogen-bond acceptors (Lipinski definition) is 4. The van der Waals surface area contributed by atoms with E-state index >= 15 is 0 Å². The van der Waals surface area contributed by atoms with Crippen molar-refractivity contribution in [2.75, 3.05) is 18.5 Å². The molecule has 1 atom stereocenters. The molecule has 0 radical (unpaired) electrons. The fourth-order valence-electron chi connectivity index (χ4n) is 2.55. The van der Waals surface area contributed by atoms with E-state index in [0.717, 1.165) is 25.8 Å². The Balaban J connectivity index is 1.89. The summed E-state index contributed by atoms with van der Waals surface area (Å²) in [7, 11) is 0. The largest absolute Gasteiger partial charge is 0.482 e. The van der Waals surface area contributed by atoms with E-state index in [-0.39, 0.29) is 24.3 Å². The molecule has 0 aromatic heterocycles. The first-order chi connectivity index (χ1) is 9.65. The molecule has 1 aromatic rings. The number of fused-ring (bicyclic) bond motifs is 1. The molecule has 0 spiro atoms. The second-order valence-electron chi connectivity index (χ2n) is 5.03. The van der Waals surface area contributed by atoms with Gasteiger partial charge >= 0.3 is 0 Å². The molecule has 0 bridgehead atoms. The number of ether oxygens (including phenoxy) is 1. The summed E-state index contributed by atoms with van der Waals surface area (Å²) in [6.45, 7) is 0.815. The Morgan fingerprint density at radius 2 is 2.20 bits per heavy atom. The van der Waals surface area contributed by atoms with Crippen LogP contribution in [0.5, 0.6) is 5.75 Å². The molecule has 6 heteroatoms. The van der Waals surface area contributed by atoms with Crippen LogP contribution in [0.15, 0.2) is 12.1 Å². The van der Waals surface area contributed by atoms with Crippen LogP contribution < -0.4 is 15.4 Å². The van der Waals surface area contributed by atoms with E-state index in [2.05, 4.69) is 10.6 Å². The van der Waals surface area contributed by atoms with Gasteiger partial charge in [0.05, 0.1) is 16.8 Å². The first-order valence-electron chi connectivity index (χ1n) is 6.69. The van der Waals surface area contributed by atoms with Crippen LogP contribution in [-0.2, 0) is 4.79 Å². The third-order valence-electron chi connectivity index (χ3n) is 3.59. The summed E-state index contributed by atoms with van der Waals surface area (Å²) < 4.78 is 5.33. The molecule has 1 amide bonds. The van der Waals surface area contributed by atoms with Crippen molar-refractivity contribution in [1.29, 1.82) is 0 Å². The van der Waals surface area contributed by atoms with Crippen LogP contribution in [0.1, 0.15) is 29.6 Å². The number of piperidine rings is 1. The molecule has 0 aliphatic carbocycles. The third-order valence-corrected chi connectivity index (χ3v) is 3.91. The molecular formula is C14H15ClN2O3. The highest BCUT2D eigenvalue weighted by molar-refractivity contribution is 6.34. The minimum absolute atomic E-state index is 0.0157. The molecule has 1 fully saturated rings. The molecule has 2 N–H and O–H groups in total. The summed E-state index contributed by atoms with van der Waals surface area (Å²) in [6.07, 6.45) is 2.96. The fourth-order valence-corrected chi connectivity index (χ4v) is 2.81. The number of rotatable bonds is 2. The van der Waals surface area contributed by atoms with Crippen molar-refractivity contribution in [1.82, 2.24) is 5.32 Å². The molecule has 3 rings (SSSR count). The van der Waals surface area contributed by atoms with Crippen molar-refractivity contribution in [3.63, 3.8) is 0 Å². The van der Waals surface area contributed by atoms with Gasteiger partial charge in [-0.2, -0.15) is 0 Å². The lowest BCUT2D eigenvalue weighted by molar-refractivity contribution is -0.118. The summed E-state index contributed by atoms with van der Waals surface area (Å²) in [5, 5.41) is 6.22. The number of carbonyl (C=O) groups is 2. The maximum Gasteiger partial charge on any atom is 0.262 e. The lowest BCUT2D eigenvalue weighted by Gasteiger charge is -2.24. The van der Waals surface area contributed by atoms with Gasteiger partial charge in [0.1, 0.15) is 5.75 Å². The quantitative estimate of drug-likeness (QED) is 0.819. The number of carbonyl (C=O) groups excluding carboxylic acids is 2. The van der Waals surface area contributed by atoms with Crippen molar-refractivity contribution in [3.05, 3.63) is 22.7 Å². The van der Waals surface area contributed by atoms with E-state index in [1.165, 1.54) is 0 Å². The lowest BCUT2D eigenvalue weighted by Crippen LogP contribution is -2.40. The number of hydrogen-bond donors (Lipinski definition) is 2. The van der Waals surface area contributed by atoms with Gasteiger partial charge in [0.25, 0.3) is 5.91 Å². The average Bonchev–Trinajstić information content (AvgIpc) is 2.46. The van der Waals surface area contributed by atoms with Gasteiger partial charge in [-0.25, -0.2) is 0 Å². The first-order valence-corrected chi connectivity index (χ1v) is 7.07. The predicted octanol–water partition coefficient (Wildman–Crippen LogP) is 2.00. The number of benzene rings is 1. The highest BCUT2D eigenvalue weighted by Gasteiger charge is 2.26. The average molecular weight is 295 g/mol. The molecule has 2 aliphatic heterocycles. The molecule has 1 unspecified atom stereocenters. The van der Waals surface area contributed by atoms with Gasteiger partial charge in [-0.1, -0.05) is 18.0 Å². The number of amides is 1. The normalized spacial score (nSPS) is 21.6. The highest BCUT2D eigenvalue weighted by atomic mass is 35.5. The standard InChI is InChI=1S/C14H15ClN2O3/c15-9-6-11-12(20-7-13(18)17-11)5-8(9)14(19)10-3-1-2-4-16-10/h5-6,10,16H,1-4,7H2,(H,17,18). The zero-order valence-electron chi connectivity index (χ0n) is 10.9. The van der Waals surface area contributed by atoms with Gasteiger partial charge in [-0.15, -0.1) is 0 Å². The summed E-state index contributed by atoms with van der Waals surface area (Å²) in [6, 6.07) is 3.01. The first kappa shape index (κ1) is 13.4. The van der Waals surface area contributed by atoms with Crippen LogP contribution in [-0.4, -0.2) is 30.9 Å². The van der Waals surface area contributed by atoms with Crippen LogP contribution in [0.3, 0.4) is 0 Å². The predicted molar refractivity (Wildman–Crippen MR) is 75.5 cm³/mol. The molecule has 0 saturated carbocycles.